The zero-order valence-electron chi connectivity index (χ0n) is 11.1. The highest BCUT2D eigenvalue weighted by Crippen LogP contribution is 2.09. The Morgan fingerprint density at radius 1 is 0.905 bits per heavy atom. The van der Waals surface area contributed by atoms with E-state index in [4.69, 9.17) is 15.3 Å². The zero-order chi connectivity index (χ0) is 15.3. The molecular weight excluding hydrogens is 264 g/mol. The van der Waals surface area contributed by atoms with E-state index < -0.39 is 0 Å². The lowest BCUT2D eigenvalue weighted by molar-refractivity contribution is -0.128. The van der Waals surface area contributed by atoms with Crippen molar-refractivity contribution in [2.45, 2.75) is 0 Å². The Morgan fingerprint density at radius 3 is 1.95 bits per heavy atom. The number of hydrogen-bond acceptors (Lipinski definition) is 4. The molecule has 0 aromatic heterocycles. The van der Waals surface area contributed by atoms with Crippen LogP contribution in [0, 0.1) is 22.7 Å². The van der Waals surface area contributed by atoms with Gasteiger partial charge in [0.15, 0.2) is 12.1 Å². The highest BCUT2D eigenvalue weighted by Gasteiger charge is 1.98. The van der Waals surface area contributed by atoms with Crippen LogP contribution in [0.2, 0.25) is 0 Å². The van der Waals surface area contributed by atoms with E-state index in [0.29, 0.717) is 5.75 Å². The molecule has 0 N–H and O–H groups in total. The van der Waals surface area contributed by atoms with Gasteiger partial charge in [0.25, 0.3) is 0 Å². The molecule has 0 radical (unpaired) electrons. The maximum Gasteiger partial charge on any atom is 0.336 e. The van der Waals surface area contributed by atoms with Crippen LogP contribution < -0.4 is 4.74 Å². The Balaban J connectivity index is 0.000000491. The summed E-state index contributed by atoms with van der Waals surface area (Å²) in [4.78, 5) is 11.5. The summed E-state index contributed by atoms with van der Waals surface area (Å²) in [7, 11) is 0. The second-order valence-corrected chi connectivity index (χ2v) is 3.70. The number of benzene rings is 2. The Kier molecular flexibility index (Phi) is 7.13. The van der Waals surface area contributed by atoms with Crippen LogP contribution in [0.3, 0.4) is 0 Å². The second-order valence-electron chi connectivity index (χ2n) is 3.70. The minimum Gasteiger partial charge on any atom is -0.423 e. The molecule has 0 spiro atoms. The van der Waals surface area contributed by atoms with Crippen LogP contribution in [0.15, 0.2) is 66.7 Å². The van der Waals surface area contributed by atoms with Crippen LogP contribution in [0.25, 0.3) is 6.08 Å². The van der Waals surface area contributed by atoms with E-state index in [1.165, 1.54) is 18.2 Å². The minimum atomic E-state index is -0.375. The molecule has 4 nitrogen and oxygen atoms in total. The third-order valence-electron chi connectivity index (χ3n) is 2.22. The van der Waals surface area contributed by atoms with Crippen LogP contribution in [0.4, 0.5) is 0 Å². The smallest absolute Gasteiger partial charge is 0.336 e. The number of esters is 1. The number of nitrogens with zero attached hydrogens (tertiary/aromatic N) is 2. The standard InChI is InChI=1S/C15H12O2.C2N2/c16-15(17-14-9-5-2-6-10-14)12-11-13-7-3-1-4-8-13;3-1-2-4/h1-12H;. The summed E-state index contributed by atoms with van der Waals surface area (Å²) >= 11 is 0. The third-order valence-corrected chi connectivity index (χ3v) is 2.22. The number of nitriles is 2. The van der Waals surface area contributed by atoms with E-state index >= 15 is 0 Å². The molecule has 0 fully saturated rings. The molecule has 2 aromatic rings. The Hall–Kier alpha value is -3.37. The number of carbonyl (C=O) groups is 1. The van der Waals surface area contributed by atoms with Crippen LogP contribution in [0.1, 0.15) is 5.56 Å². The van der Waals surface area contributed by atoms with Gasteiger partial charge in [0.2, 0.25) is 0 Å². The van der Waals surface area contributed by atoms with Crippen LogP contribution in [0.5, 0.6) is 5.75 Å². The van der Waals surface area contributed by atoms with Crippen molar-refractivity contribution >= 4 is 12.0 Å². The normalized spacial score (nSPS) is 8.86. The van der Waals surface area contributed by atoms with E-state index in [9.17, 15) is 4.79 Å². The largest absolute Gasteiger partial charge is 0.423 e. The van der Waals surface area contributed by atoms with E-state index in [0.717, 1.165) is 5.56 Å². The number of rotatable bonds is 3. The predicted molar refractivity (Wildman–Crippen MR) is 78.8 cm³/mol. The van der Waals surface area contributed by atoms with Crippen molar-refractivity contribution in [2.24, 2.45) is 0 Å². The van der Waals surface area contributed by atoms with E-state index in [-0.39, 0.29) is 5.97 Å². The number of para-hydroxylation sites is 1. The summed E-state index contributed by atoms with van der Waals surface area (Å²) in [5, 5.41) is 14.5. The molecule has 4 heteroatoms. The Labute approximate surface area is 123 Å². The van der Waals surface area contributed by atoms with Gasteiger partial charge in [0, 0.05) is 6.08 Å². The van der Waals surface area contributed by atoms with Gasteiger partial charge in [-0.3, -0.25) is 0 Å². The molecule has 102 valence electrons. The van der Waals surface area contributed by atoms with Crippen molar-refractivity contribution in [3.8, 4) is 17.9 Å². The van der Waals surface area contributed by atoms with Gasteiger partial charge in [0.1, 0.15) is 5.75 Å². The quantitative estimate of drug-likeness (QED) is 0.489. The summed E-state index contributed by atoms with van der Waals surface area (Å²) in [6, 6.07) is 21.1. The lowest BCUT2D eigenvalue weighted by Crippen LogP contribution is -2.03. The number of ether oxygens (including phenoxy) is 1. The van der Waals surface area contributed by atoms with Crippen LogP contribution >= 0.6 is 0 Å². The average molecular weight is 276 g/mol. The average Bonchev–Trinajstić information content (AvgIpc) is 2.55. The topological polar surface area (TPSA) is 73.9 Å². The maximum atomic E-state index is 11.5. The number of carbonyl (C=O) groups excluding carboxylic acids is 1. The molecule has 0 atom stereocenters. The Morgan fingerprint density at radius 2 is 1.43 bits per heavy atom. The van der Waals surface area contributed by atoms with Gasteiger partial charge in [-0.15, -0.1) is 0 Å². The second kappa shape index (κ2) is 9.55. The van der Waals surface area contributed by atoms with E-state index in [2.05, 4.69) is 0 Å². The minimum absolute atomic E-state index is 0.375. The van der Waals surface area contributed by atoms with Gasteiger partial charge >= 0.3 is 5.97 Å². The van der Waals surface area contributed by atoms with Crippen molar-refractivity contribution in [2.75, 3.05) is 0 Å². The summed E-state index contributed by atoms with van der Waals surface area (Å²) in [5.74, 6) is 0.176. The fourth-order valence-electron chi connectivity index (χ4n) is 1.37. The van der Waals surface area contributed by atoms with Crippen molar-refractivity contribution in [1.82, 2.24) is 0 Å². The van der Waals surface area contributed by atoms with Crippen LogP contribution in [-0.2, 0) is 4.79 Å². The number of hydrogen-bond donors (Lipinski definition) is 0. The SMILES string of the molecule is N#CC#N.O=C(C=Cc1ccccc1)Oc1ccccc1. The van der Waals surface area contributed by atoms with Gasteiger partial charge in [-0.2, -0.15) is 10.5 Å². The molecule has 0 saturated carbocycles. The molecule has 2 aromatic carbocycles. The first-order valence-corrected chi connectivity index (χ1v) is 6.04. The fraction of sp³-hybridized carbons (Fsp3) is 0. The molecule has 21 heavy (non-hydrogen) atoms. The van der Waals surface area contributed by atoms with Gasteiger partial charge in [-0.25, -0.2) is 4.79 Å². The first-order valence-electron chi connectivity index (χ1n) is 6.04. The van der Waals surface area contributed by atoms with E-state index in [1.807, 2.05) is 48.5 Å². The monoisotopic (exact) mass is 276 g/mol. The molecule has 0 heterocycles. The third kappa shape index (κ3) is 6.95. The predicted octanol–water partition coefficient (Wildman–Crippen LogP) is 3.34. The lowest BCUT2D eigenvalue weighted by atomic mass is 10.2. The molecule has 0 bridgehead atoms. The summed E-state index contributed by atoms with van der Waals surface area (Å²) in [6.45, 7) is 0. The molecule has 0 aliphatic heterocycles. The summed E-state index contributed by atoms with van der Waals surface area (Å²) in [5.41, 5.74) is 0.970. The first kappa shape index (κ1) is 15.7. The van der Waals surface area contributed by atoms with Crippen molar-refractivity contribution in [3.63, 3.8) is 0 Å². The van der Waals surface area contributed by atoms with Gasteiger partial charge in [-0.05, 0) is 23.8 Å². The van der Waals surface area contributed by atoms with Crippen molar-refractivity contribution < 1.29 is 9.53 Å². The van der Waals surface area contributed by atoms with Crippen molar-refractivity contribution in [1.29, 1.82) is 10.5 Å². The zero-order valence-corrected chi connectivity index (χ0v) is 11.1. The fourth-order valence-corrected chi connectivity index (χ4v) is 1.37. The molecule has 0 aliphatic rings. The van der Waals surface area contributed by atoms with Gasteiger partial charge in [-0.1, -0.05) is 48.5 Å². The van der Waals surface area contributed by atoms with Gasteiger partial charge < -0.3 is 4.74 Å². The molecule has 2 rings (SSSR count). The van der Waals surface area contributed by atoms with E-state index in [1.54, 1.807) is 18.2 Å². The highest BCUT2D eigenvalue weighted by atomic mass is 16.5. The summed E-state index contributed by atoms with van der Waals surface area (Å²) < 4.78 is 5.11. The first-order chi connectivity index (χ1) is 10.3. The molecule has 0 unspecified atom stereocenters. The Bertz CT molecular complexity index is 653. The van der Waals surface area contributed by atoms with Gasteiger partial charge in [0.05, 0.1) is 0 Å². The lowest BCUT2D eigenvalue weighted by Gasteiger charge is -1.99. The molecule has 0 aliphatic carbocycles. The molecular formula is C17H12N2O2. The highest BCUT2D eigenvalue weighted by molar-refractivity contribution is 5.88. The van der Waals surface area contributed by atoms with Crippen molar-refractivity contribution in [3.05, 3.63) is 72.3 Å². The summed E-state index contributed by atoms with van der Waals surface area (Å²) in [6.07, 6.45) is 3.15. The maximum absolute atomic E-state index is 11.5. The van der Waals surface area contributed by atoms with Crippen LogP contribution in [-0.4, -0.2) is 5.97 Å². The molecule has 0 amide bonds. The molecule has 0 saturated heterocycles.